The number of hydrogen-bond acceptors (Lipinski definition) is 3. The summed E-state index contributed by atoms with van der Waals surface area (Å²) in [6.07, 6.45) is 3.60. The third kappa shape index (κ3) is 2.35. The number of hydrogen-bond donors (Lipinski definition) is 1. The molecule has 0 radical (unpaired) electrons. The van der Waals surface area contributed by atoms with Crippen LogP contribution in [-0.2, 0) is 4.74 Å². The van der Waals surface area contributed by atoms with Crippen molar-refractivity contribution in [1.29, 1.82) is 0 Å². The van der Waals surface area contributed by atoms with Crippen LogP contribution in [0.5, 0.6) is 0 Å². The summed E-state index contributed by atoms with van der Waals surface area (Å²) in [6.45, 7) is 6.09. The van der Waals surface area contributed by atoms with Gasteiger partial charge in [0.15, 0.2) is 0 Å². The van der Waals surface area contributed by atoms with Gasteiger partial charge in [-0.25, -0.2) is 0 Å². The number of nitrogens with zero attached hydrogens (tertiary/aromatic N) is 1. The molecule has 88 valence electrons. The van der Waals surface area contributed by atoms with Crippen LogP contribution in [0.15, 0.2) is 0 Å². The molecule has 2 rings (SSSR count). The van der Waals surface area contributed by atoms with Gasteiger partial charge in [-0.1, -0.05) is 6.92 Å². The maximum atomic E-state index is 5.97. The number of likely N-dealkylation sites (N-methyl/N-ethyl adjacent to an activating group) is 1. The van der Waals surface area contributed by atoms with Crippen molar-refractivity contribution in [3.8, 4) is 0 Å². The highest BCUT2D eigenvalue weighted by atomic mass is 16.5. The molecule has 1 saturated heterocycles. The first-order chi connectivity index (χ1) is 7.18. The molecular weight excluding hydrogens is 188 g/mol. The lowest BCUT2D eigenvalue weighted by atomic mass is 9.88. The van der Waals surface area contributed by atoms with Crippen LogP contribution in [0.3, 0.4) is 0 Å². The average Bonchev–Trinajstić information content (AvgIpc) is 2.95. The lowest BCUT2D eigenvalue weighted by molar-refractivity contribution is -0.0150. The highest BCUT2D eigenvalue weighted by molar-refractivity contribution is 4.95. The largest absolute Gasteiger partial charge is 0.381 e. The minimum atomic E-state index is 0.223. The monoisotopic (exact) mass is 212 g/mol. The Kier molecular flexibility index (Phi) is 3.33. The van der Waals surface area contributed by atoms with Crippen molar-refractivity contribution >= 4 is 0 Å². The SMILES string of the molecule is CC1CC1CN(C)C1(CN)CCOCC1. The van der Waals surface area contributed by atoms with E-state index in [4.69, 9.17) is 10.5 Å². The topological polar surface area (TPSA) is 38.5 Å². The fourth-order valence-electron chi connectivity index (χ4n) is 2.69. The predicted molar refractivity (Wildman–Crippen MR) is 61.7 cm³/mol. The van der Waals surface area contributed by atoms with E-state index in [0.717, 1.165) is 44.4 Å². The summed E-state index contributed by atoms with van der Waals surface area (Å²) in [5, 5.41) is 0. The van der Waals surface area contributed by atoms with Crippen molar-refractivity contribution in [3.63, 3.8) is 0 Å². The third-order valence-electron chi connectivity index (χ3n) is 4.40. The molecule has 0 aromatic heterocycles. The predicted octanol–water partition coefficient (Wildman–Crippen LogP) is 1.08. The number of nitrogens with two attached hydrogens (primary N) is 1. The van der Waals surface area contributed by atoms with Gasteiger partial charge >= 0.3 is 0 Å². The third-order valence-corrected chi connectivity index (χ3v) is 4.40. The normalized spacial score (nSPS) is 34.4. The fourth-order valence-corrected chi connectivity index (χ4v) is 2.69. The van der Waals surface area contributed by atoms with Gasteiger partial charge in [-0.2, -0.15) is 0 Å². The summed E-state index contributed by atoms with van der Waals surface area (Å²) in [4.78, 5) is 2.50. The van der Waals surface area contributed by atoms with Crippen molar-refractivity contribution < 1.29 is 4.74 Å². The Bertz CT molecular complexity index is 214. The first-order valence-electron chi connectivity index (χ1n) is 6.17. The molecule has 0 spiro atoms. The summed E-state index contributed by atoms with van der Waals surface area (Å²) >= 11 is 0. The molecule has 15 heavy (non-hydrogen) atoms. The molecule has 2 atom stereocenters. The Morgan fingerprint density at radius 1 is 1.40 bits per heavy atom. The van der Waals surface area contributed by atoms with Crippen LogP contribution in [0.1, 0.15) is 26.2 Å². The Hall–Kier alpha value is -0.120. The van der Waals surface area contributed by atoms with Crippen LogP contribution >= 0.6 is 0 Å². The zero-order valence-electron chi connectivity index (χ0n) is 10.0. The summed E-state index contributed by atoms with van der Waals surface area (Å²) < 4.78 is 5.44. The lowest BCUT2D eigenvalue weighted by Crippen LogP contribution is -2.55. The van der Waals surface area contributed by atoms with E-state index in [1.807, 2.05) is 0 Å². The molecule has 2 N–H and O–H groups in total. The van der Waals surface area contributed by atoms with Gasteiger partial charge in [-0.15, -0.1) is 0 Å². The van der Waals surface area contributed by atoms with Crippen LogP contribution in [0.25, 0.3) is 0 Å². The molecule has 1 heterocycles. The summed E-state index contributed by atoms with van der Waals surface area (Å²) in [7, 11) is 2.24. The molecule has 2 unspecified atom stereocenters. The minimum Gasteiger partial charge on any atom is -0.381 e. The second-order valence-corrected chi connectivity index (χ2v) is 5.39. The zero-order chi connectivity index (χ0) is 10.9. The first kappa shape index (κ1) is 11.4. The van der Waals surface area contributed by atoms with Gasteiger partial charge in [0, 0.05) is 31.8 Å². The molecule has 0 bridgehead atoms. The van der Waals surface area contributed by atoms with E-state index in [9.17, 15) is 0 Å². The maximum Gasteiger partial charge on any atom is 0.0484 e. The van der Waals surface area contributed by atoms with Gasteiger partial charge in [-0.05, 0) is 38.1 Å². The van der Waals surface area contributed by atoms with Crippen LogP contribution < -0.4 is 5.73 Å². The fraction of sp³-hybridized carbons (Fsp3) is 1.00. The summed E-state index contributed by atoms with van der Waals surface area (Å²) in [5.41, 5.74) is 6.20. The Morgan fingerprint density at radius 2 is 2.00 bits per heavy atom. The summed E-state index contributed by atoms with van der Waals surface area (Å²) in [5.74, 6) is 1.85. The molecule has 2 fully saturated rings. The van der Waals surface area contributed by atoms with Crippen LogP contribution in [0, 0.1) is 11.8 Å². The van der Waals surface area contributed by atoms with E-state index in [1.54, 1.807) is 0 Å². The molecule has 3 nitrogen and oxygen atoms in total. The molecular formula is C12H24N2O. The first-order valence-corrected chi connectivity index (χ1v) is 6.17. The minimum absolute atomic E-state index is 0.223. The highest BCUT2D eigenvalue weighted by Crippen LogP contribution is 2.40. The van der Waals surface area contributed by atoms with Crippen LogP contribution in [0.4, 0.5) is 0 Å². The van der Waals surface area contributed by atoms with Crippen LogP contribution in [0.2, 0.25) is 0 Å². The van der Waals surface area contributed by atoms with Crippen molar-refractivity contribution in [2.45, 2.75) is 31.7 Å². The van der Waals surface area contributed by atoms with Gasteiger partial charge in [0.1, 0.15) is 0 Å². The quantitative estimate of drug-likeness (QED) is 0.758. The van der Waals surface area contributed by atoms with E-state index in [0.29, 0.717) is 0 Å². The molecule has 0 aromatic rings. The van der Waals surface area contributed by atoms with Crippen molar-refractivity contribution in [1.82, 2.24) is 4.90 Å². The molecule has 1 aliphatic heterocycles. The van der Waals surface area contributed by atoms with Gasteiger partial charge in [-0.3, -0.25) is 4.90 Å². The smallest absolute Gasteiger partial charge is 0.0484 e. The van der Waals surface area contributed by atoms with Crippen molar-refractivity contribution in [2.24, 2.45) is 17.6 Å². The lowest BCUT2D eigenvalue weighted by Gasteiger charge is -2.44. The molecule has 2 aliphatic rings. The molecule has 3 heteroatoms. The van der Waals surface area contributed by atoms with E-state index in [-0.39, 0.29) is 5.54 Å². The highest BCUT2D eigenvalue weighted by Gasteiger charge is 2.40. The molecule has 0 aromatic carbocycles. The molecule has 1 aliphatic carbocycles. The number of ether oxygens (including phenoxy) is 1. The van der Waals surface area contributed by atoms with E-state index >= 15 is 0 Å². The van der Waals surface area contributed by atoms with E-state index in [1.165, 1.54) is 13.0 Å². The van der Waals surface area contributed by atoms with Crippen LogP contribution in [-0.4, -0.2) is 43.8 Å². The van der Waals surface area contributed by atoms with Crippen molar-refractivity contribution in [2.75, 3.05) is 33.4 Å². The molecule has 1 saturated carbocycles. The summed E-state index contributed by atoms with van der Waals surface area (Å²) in [6, 6.07) is 0. The van der Waals surface area contributed by atoms with Crippen molar-refractivity contribution in [3.05, 3.63) is 0 Å². The Balaban J connectivity index is 1.91. The Morgan fingerprint density at radius 3 is 2.47 bits per heavy atom. The van der Waals surface area contributed by atoms with Gasteiger partial charge < -0.3 is 10.5 Å². The molecule has 0 amide bonds. The van der Waals surface area contributed by atoms with Gasteiger partial charge in [0.2, 0.25) is 0 Å². The zero-order valence-corrected chi connectivity index (χ0v) is 10.0. The van der Waals surface area contributed by atoms with Gasteiger partial charge in [0.25, 0.3) is 0 Å². The number of rotatable bonds is 4. The van der Waals surface area contributed by atoms with E-state index in [2.05, 4.69) is 18.9 Å². The second-order valence-electron chi connectivity index (χ2n) is 5.39. The maximum absolute atomic E-state index is 5.97. The van der Waals surface area contributed by atoms with E-state index < -0.39 is 0 Å². The Labute approximate surface area is 93.0 Å². The average molecular weight is 212 g/mol. The standard InChI is InChI=1S/C12H24N2O/c1-10-7-11(10)8-14(2)12(9-13)3-5-15-6-4-12/h10-11H,3-9,13H2,1-2H3. The van der Waals surface area contributed by atoms with Gasteiger partial charge in [0.05, 0.1) is 0 Å². The second kappa shape index (κ2) is 4.40.